The van der Waals surface area contributed by atoms with Gasteiger partial charge in [-0.2, -0.15) is 0 Å². The van der Waals surface area contributed by atoms with Crippen molar-refractivity contribution in [3.63, 3.8) is 0 Å². The summed E-state index contributed by atoms with van der Waals surface area (Å²) in [5.41, 5.74) is 1.08. The van der Waals surface area contributed by atoms with Crippen LogP contribution < -0.4 is 10.1 Å². The summed E-state index contributed by atoms with van der Waals surface area (Å²) in [6, 6.07) is 7.83. The molecule has 1 aliphatic rings. The van der Waals surface area contributed by atoms with Gasteiger partial charge in [0.05, 0.1) is 12.5 Å². The summed E-state index contributed by atoms with van der Waals surface area (Å²) in [6.07, 6.45) is 0.316. The molecule has 0 saturated heterocycles. The molecule has 5 nitrogen and oxygen atoms in total. The zero-order valence-corrected chi connectivity index (χ0v) is 12.6. The molecule has 0 bridgehead atoms. The molecule has 2 rings (SSSR count). The second kappa shape index (κ2) is 8.00. The van der Waals surface area contributed by atoms with Crippen molar-refractivity contribution in [2.24, 2.45) is 5.92 Å². The molecule has 1 unspecified atom stereocenters. The number of rotatable bonds is 7. The van der Waals surface area contributed by atoms with Crippen LogP contribution in [0.5, 0.6) is 5.75 Å². The Morgan fingerprint density at radius 3 is 2.76 bits per heavy atom. The number of fused-ring (bicyclic) bond motifs is 1. The Hall–Kier alpha value is -1.59. The van der Waals surface area contributed by atoms with Crippen LogP contribution in [0.4, 0.5) is 0 Å². The molecule has 0 fully saturated rings. The van der Waals surface area contributed by atoms with E-state index in [0.717, 1.165) is 11.3 Å². The molecule has 5 heteroatoms. The predicted molar refractivity (Wildman–Crippen MR) is 79.2 cm³/mol. The highest BCUT2D eigenvalue weighted by Crippen LogP contribution is 2.26. The number of nitrogens with one attached hydrogen (secondary N) is 1. The number of ether oxygens (including phenoxy) is 3. The summed E-state index contributed by atoms with van der Waals surface area (Å²) in [6.45, 7) is 5.69. The van der Waals surface area contributed by atoms with E-state index in [4.69, 9.17) is 14.2 Å². The van der Waals surface area contributed by atoms with Gasteiger partial charge in [-0.3, -0.25) is 4.79 Å². The van der Waals surface area contributed by atoms with E-state index in [1.54, 1.807) is 0 Å². The first-order valence-corrected chi connectivity index (χ1v) is 7.46. The highest BCUT2D eigenvalue weighted by atomic mass is 16.7. The van der Waals surface area contributed by atoms with Gasteiger partial charge in [0.1, 0.15) is 12.4 Å². The lowest BCUT2D eigenvalue weighted by molar-refractivity contribution is -0.142. The SMILES string of the molecule is CCOC(CNC(=O)C1COc2ccccc2C1)OCC. The highest BCUT2D eigenvalue weighted by molar-refractivity contribution is 5.79. The van der Waals surface area contributed by atoms with Crippen LogP contribution in [-0.2, 0) is 20.7 Å². The highest BCUT2D eigenvalue weighted by Gasteiger charge is 2.26. The first kappa shape index (κ1) is 15.8. The number of para-hydroxylation sites is 1. The van der Waals surface area contributed by atoms with Gasteiger partial charge in [0.15, 0.2) is 6.29 Å². The van der Waals surface area contributed by atoms with E-state index in [-0.39, 0.29) is 18.1 Å². The molecule has 0 saturated carbocycles. The lowest BCUT2D eigenvalue weighted by atomic mass is 9.96. The molecule has 1 amide bonds. The van der Waals surface area contributed by atoms with E-state index < -0.39 is 0 Å². The molecule has 0 spiro atoms. The standard InChI is InChI=1S/C16H23NO4/c1-3-19-15(20-4-2)10-17-16(18)13-9-12-7-5-6-8-14(12)21-11-13/h5-8,13,15H,3-4,9-11H2,1-2H3,(H,17,18). The van der Waals surface area contributed by atoms with Crippen molar-refractivity contribution in [1.82, 2.24) is 5.32 Å². The number of benzene rings is 1. The molecular weight excluding hydrogens is 270 g/mol. The second-order valence-electron chi connectivity index (χ2n) is 4.91. The number of carbonyl (C=O) groups is 1. The Balaban J connectivity index is 1.84. The molecular formula is C16H23NO4. The zero-order chi connectivity index (χ0) is 15.1. The maximum atomic E-state index is 12.2. The summed E-state index contributed by atoms with van der Waals surface area (Å²) in [7, 11) is 0. The molecule has 116 valence electrons. The molecule has 0 aliphatic carbocycles. The molecule has 1 heterocycles. The van der Waals surface area contributed by atoms with Gasteiger partial charge >= 0.3 is 0 Å². The van der Waals surface area contributed by atoms with Crippen LogP contribution >= 0.6 is 0 Å². The quantitative estimate of drug-likeness (QED) is 0.778. The Kier molecular flexibility index (Phi) is 6.02. The van der Waals surface area contributed by atoms with Gasteiger partial charge in [-0.15, -0.1) is 0 Å². The number of hydrogen-bond acceptors (Lipinski definition) is 4. The molecule has 0 aromatic heterocycles. The third-order valence-corrected chi connectivity index (χ3v) is 3.40. The molecule has 1 aromatic carbocycles. The van der Waals surface area contributed by atoms with Gasteiger partial charge in [-0.25, -0.2) is 0 Å². The number of carbonyl (C=O) groups excluding carboxylic acids is 1. The second-order valence-corrected chi connectivity index (χ2v) is 4.91. The summed E-state index contributed by atoms with van der Waals surface area (Å²) in [4.78, 5) is 12.2. The molecule has 1 N–H and O–H groups in total. The fraction of sp³-hybridized carbons (Fsp3) is 0.562. The van der Waals surface area contributed by atoms with Crippen LogP contribution in [0.1, 0.15) is 19.4 Å². The fourth-order valence-electron chi connectivity index (χ4n) is 2.36. The van der Waals surface area contributed by atoms with Crippen molar-refractivity contribution >= 4 is 5.91 Å². The molecule has 1 aliphatic heterocycles. The van der Waals surface area contributed by atoms with Gasteiger partial charge in [0.25, 0.3) is 0 Å². The third-order valence-electron chi connectivity index (χ3n) is 3.40. The summed E-state index contributed by atoms with van der Waals surface area (Å²) < 4.78 is 16.5. The van der Waals surface area contributed by atoms with Gasteiger partial charge in [0.2, 0.25) is 5.91 Å². The van der Waals surface area contributed by atoms with Crippen molar-refractivity contribution in [2.75, 3.05) is 26.4 Å². The van der Waals surface area contributed by atoms with Crippen LogP contribution in [0.15, 0.2) is 24.3 Å². The van der Waals surface area contributed by atoms with Crippen LogP contribution in [-0.4, -0.2) is 38.6 Å². The Labute approximate surface area is 125 Å². The van der Waals surface area contributed by atoms with Crippen molar-refractivity contribution in [3.05, 3.63) is 29.8 Å². The minimum atomic E-state index is -0.388. The van der Waals surface area contributed by atoms with Crippen molar-refractivity contribution < 1.29 is 19.0 Å². The Morgan fingerprint density at radius 2 is 2.05 bits per heavy atom. The summed E-state index contributed by atoms with van der Waals surface area (Å²) >= 11 is 0. The molecule has 1 atom stereocenters. The Morgan fingerprint density at radius 1 is 1.33 bits per heavy atom. The first-order valence-electron chi connectivity index (χ1n) is 7.46. The minimum Gasteiger partial charge on any atom is -0.492 e. The van der Waals surface area contributed by atoms with E-state index in [0.29, 0.717) is 32.8 Å². The van der Waals surface area contributed by atoms with E-state index >= 15 is 0 Å². The van der Waals surface area contributed by atoms with Gasteiger partial charge < -0.3 is 19.5 Å². The largest absolute Gasteiger partial charge is 0.492 e. The van der Waals surface area contributed by atoms with E-state index in [9.17, 15) is 4.79 Å². The average molecular weight is 293 g/mol. The van der Waals surface area contributed by atoms with Crippen LogP contribution in [0.3, 0.4) is 0 Å². The van der Waals surface area contributed by atoms with Gasteiger partial charge in [-0.1, -0.05) is 18.2 Å². The minimum absolute atomic E-state index is 0.0195. The van der Waals surface area contributed by atoms with Crippen molar-refractivity contribution in [1.29, 1.82) is 0 Å². The zero-order valence-electron chi connectivity index (χ0n) is 12.6. The maximum absolute atomic E-state index is 12.2. The topological polar surface area (TPSA) is 56.8 Å². The maximum Gasteiger partial charge on any atom is 0.227 e. The molecule has 0 radical (unpaired) electrons. The number of hydrogen-bond donors (Lipinski definition) is 1. The van der Waals surface area contributed by atoms with Crippen LogP contribution in [0.2, 0.25) is 0 Å². The lowest BCUT2D eigenvalue weighted by Gasteiger charge is -2.25. The van der Waals surface area contributed by atoms with E-state index in [2.05, 4.69) is 5.32 Å². The smallest absolute Gasteiger partial charge is 0.227 e. The predicted octanol–water partition coefficient (Wildman–Crippen LogP) is 1.75. The number of amides is 1. The van der Waals surface area contributed by atoms with Crippen molar-refractivity contribution in [2.45, 2.75) is 26.6 Å². The van der Waals surface area contributed by atoms with Gasteiger partial charge in [0, 0.05) is 13.2 Å². The summed E-state index contributed by atoms with van der Waals surface area (Å²) in [5, 5.41) is 2.88. The fourth-order valence-corrected chi connectivity index (χ4v) is 2.36. The lowest BCUT2D eigenvalue weighted by Crippen LogP contribution is -2.42. The van der Waals surface area contributed by atoms with Crippen LogP contribution in [0.25, 0.3) is 0 Å². The van der Waals surface area contributed by atoms with Gasteiger partial charge in [-0.05, 0) is 31.9 Å². The molecule has 1 aromatic rings. The van der Waals surface area contributed by atoms with E-state index in [1.165, 1.54) is 0 Å². The van der Waals surface area contributed by atoms with Crippen molar-refractivity contribution in [3.8, 4) is 5.75 Å². The van der Waals surface area contributed by atoms with E-state index in [1.807, 2.05) is 38.1 Å². The normalized spacial score (nSPS) is 17.2. The summed E-state index contributed by atoms with van der Waals surface area (Å²) in [5.74, 6) is 0.695. The first-order chi connectivity index (χ1) is 10.2. The Bertz CT molecular complexity index is 457. The monoisotopic (exact) mass is 293 g/mol. The average Bonchev–Trinajstić information content (AvgIpc) is 2.52. The third kappa shape index (κ3) is 4.44. The van der Waals surface area contributed by atoms with Crippen LogP contribution in [0, 0.1) is 5.92 Å². The molecule has 21 heavy (non-hydrogen) atoms.